The Morgan fingerprint density at radius 1 is 1.00 bits per heavy atom. The van der Waals surface area contributed by atoms with Crippen molar-refractivity contribution in [2.24, 2.45) is 0 Å². The second-order valence-electron chi connectivity index (χ2n) is 4.44. The quantitative estimate of drug-likeness (QED) is 0.693. The van der Waals surface area contributed by atoms with Gasteiger partial charge in [0.05, 0.1) is 12.1 Å². The predicted molar refractivity (Wildman–Crippen MR) is 86.3 cm³/mol. The summed E-state index contributed by atoms with van der Waals surface area (Å²) in [5.74, 6) is -1.43. The van der Waals surface area contributed by atoms with Gasteiger partial charge in [0.1, 0.15) is 0 Å². The van der Waals surface area contributed by atoms with Crippen molar-refractivity contribution < 1.29 is 14.4 Å². The van der Waals surface area contributed by atoms with Gasteiger partial charge in [-0.05, 0) is 30.3 Å². The van der Waals surface area contributed by atoms with E-state index in [2.05, 4.69) is 37.1 Å². The average Bonchev–Trinajstić information content (AvgIpc) is 2.58. The van der Waals surface area contributed by atoms with Crippen LogP contribution in [0.25, 0.3) is 0 Å². The van der Waals surface area contributed by atoms with Crippen LogP contribution >= 0.6 is 15.9 Å². The highest BCUT2D eigenvalue weighted by Crippen LogP contribution is 2.11. The molecule has 2 rings (SSSR count). The lowest BCUT2D eigenvalue weighted by atomic mass is 10.2. The Morgan fingerprint density at radius 2 is 1.78 bits per heavy atom. The molecule has 0 saturated heterocycles. The third kappa shape index (κ3) is 5.19. The molecule has 8 heteroatoms. The van der Waals surface area contributed by atoms with Crippen molar-refractivity contribution in [3.8, 4) is 0 Å². The molecule has 0 atom stereocenters. The Labute approximate surface area is 140 Å². The number of aromatic nitrogens is 1. The first-order valence-electron chi connectivity index (χ1n) is 6.59. The van der Waals surface area contributed by atoms with E-state index in [0.29, 0.717) is 11.1 Å². The number of nitrogens with one attached hydrogen (secondary N) is 3. The molecule has 0 spiro atoms. The molecule has 1 aromatic heterocycles. The molecular formula is C15H13BrN4O3. The molecule has 7 nitrogen and oxygen atoms in total. The average molecular weight is 377 g/mol. The van der Waals surface area contributed by atoms with E-state index in [-0.39, 0.29) is 12.5 Å². The highest BCUT2D eigenvalue weighted by Gasteiger charge is 2.10. The third-order valence-electron chi connectivity index (χ3n) is 2.74. The maximum absolute atomic E-state index is 11.9. The molecule has 23 heavy (non-hydrogen) atoms. The Kier molecular flexibility index (Phi) is 5.81. The van der Waals surface area contributed by atoms with Gasteiger partial charge in [-0.25, -0.2) is 0 Å². The van der Waals surface area contributed by atoms with Crippen molar-refractivity contribution >= 4 is 33.7 Å². The number of pyridine rings is 1. The summed E-state index contributed by atoms with van der Waals surface area (Å²) in [6.45, 7) is -0.265. The minimum Gasteiger partial charge on any atom is -0.343 e. The summed E-state index contributed by atoms with van der Waals surface area (Å²) in [5.41, 5.74) is 5.18. The topological polar surface area (TPSA) is 100 Å². The van der Waals surface area contributed by atoms with Gasteiger partial charge in [-0.3, -0.25) is 30.2 Å². The van der Waals surface area contributed by atoms with Gasteiger partial charge in [-0.15, -0.1) is 0 Å². The zero-order valence-corrected chi connectivity index (χ0v) is 13.5. The Bertz CT molecular complexity index is 722. The van der Waals surface area contributed by atoms with Crippen LogP contribution in [0.1, 0.15) is 20.7 Å². The smallest absolute Gasteiger partial charge is 0.271 e. The first-order valence-corrected chi connectivity index (χ1v) is 7.38. The number of halogens is 1. The normalized spacial score (nSPS) is 9.78. The fourth-order valence-electron chi connectivity index (χ4n) is 1.63. The van der Waals surface area contributed by atoms with Crippen LogP contribution in [0, 0.1) is 0 Å². The largest absolute Gasteiger partial charge is 0.343 e. The van der Waals surface area contributed by atoms with Gasteiger partial charge >= 0.3 is 0 Å². The summed E-state index contributed by atoms with van der Waals surface area (Å²) in [7, 11) is 0. The highest BCUT2D eigenvalue weighted by molar-refractivity contribution is 9.10. The standard InChI is InChI=1S/C15H13BrN4O3/c16-12-5-1-3-10(7-12)14(22)18-9-13(21)19-20-15(23)11-4-2-6-17-8-11/h1-8H,9H2,(H,18,22)(H,19,21)(H,20,23). The lowest BCUT2D eigenvalue weighted by Crippen LogP contribution is -2.46. The first kappa shape index (κ1) is 16.6. The number of nitrogens with zero attached hydrogens (tertiary/aromatic N) is 1. The summed E-state index contributed by atoms with van der Waals surface area (Å²) in [6.07, 6.45) is 2.91. The molecule has 0 unspecified atom stereocenters. The molecule has 0 radical (unpaired) electrons. The Hall–Kier alpha value is -2.74. The molecule has 3 N–H and O–H groups in total. The summed E-state index contributed by atoms with van der Waals surface area (Å²) in [4.78, 5) is 39.0. The van der Waals surface area contributed by atoms with Crippen molar-refractivity contribution in [1.82, 2.24) is 21.2 Å². The van der Waals surface area contributed by atoms with Gasteiger partial charge in [0.2, 0.25) is 0 Å². The van der Waals surface area contributed by atoms with E-state index in [1.54, 1.807) is 36.4 Å². The maximum Gasteiger partial charge on any atom is 0.271 e. The van der Waals surface area contributed by atoms with Gasteiger partial charge < -0.3 is 5.32 Å². The van der Waals surface area contributed by atoms with Gasteiger partial charge in [0.15, 0.2) is 0 Å². The van der Waals surface area contributed by atoms with Crippen LogP contribution in [-0.4, -0.2) is 29.3 Å². The summed E-state index contributed by atoms with van der Waals surface area (Å²) < 4.78 is 0.762. The van der Waals surface area contributed by atoms with E-state index in [1.165, 1.54) is 12.4 Å². The number of hydrogen-bond acceptors (Lipinski definition) is 4. The van der Waals surface area contributed by atoms with E-state index < -0.39 is 11.8 Å². The molecule has 0 saturated carbocycles. The molecular weight excluding hydrogens is 364 g/mol. The maximum atomic E-state index is 11.9. The number of rotatable bonds is 4. The molecule has 1 aromatic carbocycles. The van der Waals surface area contributed by atoms with E-state index in [4.69, 9.17) is 0 Å². The van der Waals surface area contributed by atoms with Gasteiger partial charge in [-0.2, -0.15) is 0 Å². The van der Waals surface area contributed by atoms with Crippen LogP contribution in [0.3, 0.4) is 0 Å². The fraction of sp³-hybridized carbons (Fsp3) is 0.0667. The van der Waals surface area contributed by atoms with Crippen LogP contribution in [0.2, 0.25) is 0 Å². The number of carbonyl (C=O) groups is 3. The molecule has 118 valence electrons. The lowest BCUT2D eigenvalue weighted by Gasteiger charge is -2.08. The van der Waals surface area contributed by atoms with Crippen molar-refractivity contribution in [1.29, 1.82) is 0 Å². The van der Waals surface area contributed by atoms with Crippen LogP contribution in [0.4, 0.5) is 0 Å². The monoisotopic (exact) mass is 376 g/mol. The molecule has 2 aromatic rings. The lowest BCUT2D eigenvalue weighted by molar-refractivity contribution is -0.120. The number of hydrazine groups is 1. The summed E-state index contributed by atoms with van der Waals surface area (Å²) in [5, 5.41) is 2.45. The van der Waals surface area contributed by atoms with Crippen LogP contribution in [-0.2, 0) is 4.79 Å². The fourth-order valence-corrected chi connectivity index (χ4v) is 2.03. The predicted octanol–water partition coefficient (Wildman–Crippen LogP) is 1.04. The van der Waals surface area contributed by atoms with Gasteiger partial charge in [0, 0.05) is 22.4 Å². The molecule has 0 aliphatic heterocycles. The number of benzene rings is 1. The third-order valence-corrected chi connectivity index (χ3v) is 3.23. The van der Waals surface area contributed by atoms with E-state index in [9.17, 15) is 14.4 Å². The SMILES string of the molecule is O=C(CNC(=O)c1cccc(Br)c1)NNC(=O)c1cccnc1. The molecule has 0 fully saturated rings. The van der Waals surface area contributed by atoms with Gasteiger partial charge in [-0.1, -0.05) is 22.0 Å². The molecule has 0 aliphatic rings. The van der Waals surface area contributed by atoms with E-state index >= 15 is 0 Å². The van der Waals surface area contributed by atoms with Crippen LogP contribution in [0.15, 0.2) is 53.3 Å². The molecule has 1 heterocycles. The van der Waals surface area contributed by atoms with Crippen molar-refractivity contribution in [3.63, 3.8) is 0 Å². The summed E-state index contributed by atoms with van der Waals surface area (Å²) >= 11 is 3.26. The van der Waals surface area contributed by atoms with Gasteiger partial charge in [0.25, 0.3) is 17.7 Å². The first-order chi connectivity index (χ1) is 11.1. The second kappa shape index (κ2) is 8.04. The van der Waals surface area contributed by atoms with E-state index in [1.807, 2.05) is 0 Å². The zero-order valence-electron chi connectivity index (χ0n) is 11.9. The van der Waals surface area contributed by atoms with Crippen LogP contribution in [0.5, 0.6) is 0 Å². The van der Waals surface area contributed by atoms with Crippen LogP contribution < -0.4 is 16.2 Å². The number of carbonyl (C=O) groups excluding carboxylic acids is 3. The van der Waals surface area contributed by atoms with Crippen molar-refractivity contribution in [2.75, 3.05) is 6.54 Å². The number of hydrogen-bond donors (Lipinski definition) is 3. The second-order valence-corrected chi connectivity index (χ2v) is 5.35. The van der Waals surface area contributed by atoms with E-state index in [0.717, 1.165) is 4.47 Å². The zero-order chi connectivity index (χ0) is 16.7. The number of amides is 3. The van der Waals surface area contributed by atoms with Crippen molar-refractivity contribution in [3.05, 3.63) is 64.4 Å². The Morgan fingerprint density at radius 3 is 2.48 bits per heavy atom. The van der Waals surface area contributed by atoms with Crippen molar-refractivity contribution in [2.45, 2.75) is 0 Å². The molecule has 3 amide bonds. The molecule has 0 bridgehead atoms. The minimum atomic E-state index is -0.550. The molecule has 0 aliphatic carbocycles. The Balaban J connectivity index is 1.77. The minimum absolute atomic E-state index is 0.265. The summed E-state index contributed by atoms with van der Waals surface area (Å²) in [6, 6.07) is 9.93. The highest BCUT2D eigenvalue weighted by atomic mass is 79.9.